The monoisotopic (exact) mass is 377 g/mol. The van der Waals surface area contributed by atoms with Gasteiger partial charge in [0.2, 0.25) is 10.0 Å². The van der Waals surface area contributed by atoms with Crippen molar-refractivity contribution in [2.75, 3.05) is 39.9 Å². The summed E-state index contributed by atoms with van der Waals surface area (Å²) in [5.74, 6) is -0.249. The third kappa shape index (κ3) is 7.89. The SMILES string of the molecule is C=CCNS(=O)(=O)c1ccc(C(=O)NCCNCCOC)cc1.Cl. The van der Waals surface area contributed by atoms with Crippen LogP contribution in [0.2, 0.25) is 0 Å². The number of rotatable bonds is 11. The van der Waals surface area contributed by atoms with E-state index in [4.69, 9.17) is 4.74 Å². The second-order valence-corrected chi connectivity index (χ2v) is 6.43. The van der Waals surface area contributed by atoms with Crippen molar-refractivity contribution in [2.24, 2.45) is 0 Å². The molecule has 136 valence electrons. The molecular weight excluding hydrogens is 354 g/mol. The minimum atomic E-state index is -3.57. The van der Waals surface area contributed by atoms with Gasteiger partial charge in [-0.3, -0.25) is 4.79 Å². The van der Waals surface area contributed by atoms with Gasteiger partial charge in [0.25, 0.3) is 5.91 Å². The van der Waals surface area contributed by atoms with Crippen LogP contribution in [0.1, 0.15) is 10.4 Å². The van der Waals surface area contributed by atoms with Crippen molar-refractivity contribution in [3.8, 4) is 0 Å². The summed E-state index contributed by atoms with van der Waals surface area (Å²) < 4.78 is 31.0. The standard InChI is InChI=1S/C15H23N3O4S.ClH/c1-3-8-18-23(20,21)14-6-4-13(5-7-14)15(19)17-10-9-16-11-12-22-2;/h3-7,16,18H,1,8-12H2,2H3,(H,17,19);1H. The van der Waals surface area contributed by atoms with Crippen LogP contribution in [0.4, 0.5) is 0 Å². The third-order valence-electron chi connectivity index (χ3n) is 2.91. The number of nitrogens with one attached hydrogen (secondary N) is 3. The van der Waals surface area contributed by atoms with Crippen molar-refractivity contribution < 1.29 is 17.9 Å². The van der Waals surface area contributed by atoms with Gasteiger partial charge in [0.15, 0.2) is 0 Å². The van der Waals surface area contributed by atoms with Crippen LogP contribution in [0, 0.1) is 0 Å². The van der Waals surface area contributed by atoms with E-state index in [0.29, 0.717) is 25.3 Å². The van der Waals surface area contributed by atoms with Crippen LogP contribution in [0.25, 0.3) is 0 Å². The van der Waals surface area contributed by atoms with Crippen LogP contribution in [0.15, 0.2) is 41.8 Å². The van der Waals surface area contributed by atoms with Crippen LogP contribution < -0.4 is 15.4 Å². The fourth-order valence-electron chi connectivity index (χ4n) is 1.70. The van der Waals surface area contributed by atoms with Gasteiger partial charge >= 0.3 is 0 Å². The number of carbonyl (C=O) groups is 1. The lowest BCUT2D eigenvalue weighted by Gasteiger charge is -2.08. The molecule has 0 aliphatic rings. The zero-order valence-electron chi connectivity index (χ0n) is 13.6. The van der Waals surface area contributed by atoms with E-state index >= 15 is 0 Å². The molecule has 0 heterocycles. The topological polar surface area (TPSA) is 96.5 Å². The minimum Gasteiger partial charge on any atom is -0.383 e. The van der Waals surface area contributed by atoms with Gasteiger partial charge in [-0.05, 0) is 24.3 Å². The van der Waals surface area contributed by atoms with E-state index < -0.39 is 10.0 Å². The van der Waals surface area contributed by atoms with Crippen LogP contribution in [-0.2, 0) is 14.8 Å². The molecule has 0 unspecified atom stereocenters. The van der Waals surface area contributed by atoms with Gasteiger partial charge in [0.05, 0.1) is 11.5 Å². The van der Waals surface area contributed by atoms with Gasteiger partial charge in [-0.15, -0.1) is 19.0 Å². The molecule has 9 heteroatoms. The molecule has 7 nitrogen and oxygen atoms in total. The first kappa shape index (κ1) is 22.6. The summed E-state index contributed by atoms with van der Waals surface area (Å²) in [5.41, 5.74) is 0.407. The zero-order valence-corrected chi connectivity index (χ0v) is 15.2. The Morgan fingerprint density at radius 3 is 2.46 bits per heavy atom. The first-order valence-electron chi connectivity index (χ1n) is 7.19. The van der Waals surface area contributed by atoms with E-state index in [9.17, 15) is 13.2 Å². The molecule has 0 atom stereocenters. The van der Waals surface area contributed by atoms with Crippen LogP contribution in [-0.4, -0.2) is 54.2 Å². The maximum atomic E-state index is 11.9. The summed E-state index contributed by atoms with van der Waals surface area (Å²) in [5, 5.41) is 5.85. The van der Waals surface area contributed by atoms with Crippen molar-refractivity contribution in [1.29, 1.82) is 0 Å². The predicted octanol–water partition coefficient (Wildman–Crippen LogP) is 0.539. The first-order valence-corrected chi connectivity index (χ1v) is 8.68. The second-order valence-electron chi connectivity index (χ2n) is 4.66. The van der Waals surface area contributed by atoms with Gasteiger partial charge < -0.3 is 15.4 Å². The Morgan fingerprint density at radius 2 is 1.88 bits per heavy atom. The average Bonchev–Trinajstić information content (AvgIpc) is 2.56. The maximum Gasteiger partial charge on any atom is 0.251 e. The smallest absolute Gasteiger partial charge is 0.251 e. The zero-order chi connectivity index (χ0) is 17.1. The molecule has 1 aromatic carbocycles. The average molecular weight is 378 g/mol. The number of halogens is 1. The molecule has 0 aliphatic heterocycles. The Labute approximate surface area is 149 Å². The molecule has 24 heavy (non-hydrogen) atoms. The van der Waals surface area contributed by atoms with E-state index in [1.807, 2.05) is 0 Å². The van der Waals surface area contributed by atoms with E-state index in [0.717, 1.165) is 6.54 Å². The van der Waals surface area contributed by atoms with Gasteiger partial charge in [-0.1, -0.05) is 6.08 Å². The summed E-state index contributed by atoms with van der Waals surface area (Å²) >= 11 is 0. The molecule has 1 aromatic rings. The molecular formula is C15H24ClN3O4S. The number of amides is 1. The lowest BCUT2D eigenvalue weighted by atomic mass is 10.2. The molecule has 1 rings (SSSR count). The van der Waals surface area contributed by atoms with Crippen LogP contribution >= 0.6 is 12.4 Å². The van der Waals surface area contributed by atoms with E-state index in [1.165, 1.54) is 30.3 Å². The van der Waals surface area contributed by atoms with Gasteiger partial charge in [-0.25, -0.2) is 13.1 Å². The molecule has 0 aliphatic carbocycles. The highest BCUT2D eigenvalue weighted by molar-refractivity contribution is 7.89. The Hall–Kier alpha value is -1.45. The van der Waals surface area contributed by atoms with Crippen molar-refractivity contribution in [3.63, 3.8) is 0 Å². The quantitative estimate of drug-likeness (QED) is 0.386. The molecule has 0 bridgehead atoms. The number of benzene rings is 1. The summed E-state index contributed by atoms with van der Waals surface area (Å²) in [6, 6.07) is 5.76. The van der Waals surface area contributed by atoms with Crippen molar-refractivity contribution in [2.45, 2.75) is 4.90 Å². The van der Waals surface area contributed by atoms with E-state index in [-0.39, 0.29) is 29.8 Å². The number of methoxy groups -OCH3 is 1. The summed E-state index contributed by atoms with van der Waals surface area (Å²) in [4.78, 5) is 12.0. The van der Waals surface area contributed by atoms with Gasteiger partial charge in [0, 0.05) is 38.9 Å². The number of sulfonamides is 1. The molecule has 3 N–H and O–H groups in total. The summed E-state index contributed by atoms with van der Waals surface area (Å²) in [7, 11) is -1.94. The fraction of sp³-hybridized carbons (Fsp3) is 0.400. The number of carbonyl (C=O) groups excluding carboxylic acids is 1. The normalized spacial score (nSPS) is 10.7. The second kappa shape index (κ2) is 12.0. The molecule has 1 amide bonds. The van der Waals surface area contributed by atoms with E-state index in [1.54, 1.807) is 7.11 Å². The van der Waals surface area contributed by atoms with Crippen molar-refractivity contribution in [1.82, 2.24) is 15.4 Å². The van der Waals surface area contributed by atoms with Crippen LogP contribution in [0.3, 0.4) is 0 Å². The van der Waals surface area contributed by atoms with Crippen molar-refractivity contribution >= 4 is 28.3 Å². The van der Waals surface area contributed by atoms with Gasteiger partial charge in [-0.2, -0.15) is 0 Å². The first-order chi connectivity index (χ1) is 11.0. The Morgan fingerprint density at radius 1 is 1.21 bits per heavy atom. The largest absolute Gasteiger partial charge is 0.383 e. The fourth-order valence-corrected chi connectivity index (χ4v) is 2.70. The summed E-state index contributed by atoms with van der Waals surface area (Å²) in [6.45, 7) is 6.05. The van der Waals surface area contributed by atoms with Crippen LogP contribution in [0.5, 0.6) is 0 Å². The van der Waals surface area contributed by atoms with Crippen molar-refractivity contribution in [3.05, 3.63) is 42.5 Å². The molecule has 0 radical (unpaired) electrons. The molecule has 0 saturated heterocycles. The maximum absolute atomic E-state index is 11.9. The molecule has 0 fully saturated rings. The Kier molecular flexibility index (Phi) is 11.3. The lowest BCUT2D eigenvalue weighted by molar-refractivity contribution is 0.0953. The number of hydrogen-bond donors (Lipinski definition) is 3. The summed E-state index contributed by atoms with van der Waals surface area (Å²) in [6.07, 6.45) is 1.46. The van der Waals surface area contributed by atoms with E-state index in [2.05, 4.69) is 21.9 Å². The van der Waals surface area contributed by atoms with Gasteiger partial charge in [0.1, 0.15) is 0 Å². The minimum absolute atomic E-state index is 0. The molecule has 0 spiro atoms. The molecule has 0 aromatic heterocycles. The highest BCUT2D eigenvalue weighted by atomic mass is 35.5. The lowest BCUT2D eigenvalue weighted by Crippen LogP contribution is -2.33. The number of hydrogen-bond acceptors (Lipinski definition) is 5. The highest BCUT2D eigenvalue weighted by Crippen LogP contribution is 2.10. The highest BCUT2D eigenvalue weighted by Gasteiger charge is 2.13. The Balaban J connectivity index is 0.00000529. The molecule has 0 saturated carbocycles. The third-order valence-corrected chi connectivity index (χ3v) is 4.35. The predicted molar refractivity (Wildman–Crippen MR) is 96.2 cm³/mol. The number of ether oxygens (including phenoxy) is 1. The Bertz CT molecular complexity index is 606.